The molecular formula is C21H32Cl2N4O. The number of carbonyl (C=O) groups excluding carboxylic acids is 1. The average Bonchev–Trinajstić information content (AvgIpc) is 2.96. The van der Waals surface area contributed by atoms with Crippen LogP contribution in [-0.2, 0) is 0 Å². The van der Waals surface area contributed by atoms with Crippen LogP contribution in [0.3, 0.4) is 0 Å². The fourth-order valence-corrected chi connectivity index (χ4v) is 2.09. The Bertz CT molecular complexity index is 1710. The number of carbonyl (C=O) groups is 1. The Kier molecular flexibility index (Phi) is 1.92. The molecule has 0 atom stereocenters. The van der Waals surface area contributed by atoms with Crippen molar-refractivity contribution in [3.8, 4) is 0 Å². The summed E-state index contributed by atoms with van der Waals surface area (Å²) in [5, 5.41) is -0.866. The number of halogens is 2. The fraction of sp³-hybridized carbons (Fsp3) is 0.667. The highest BCUT2D eigenvalue weighted by Crippen LogP contribution is 2.33. The summed E-state index contributed by atoms with van der Waals surface area (Å²) in [5.41, 5.74) is -1.30. The van der Waals surface area contributed by atoms with Gasteiger partial charge < -0.3 is 15.1 Å². The molecule has 1 aliphatic heterocycles. The SMILES string of the molecule is [2H]c1c([2H])c(Cl)c(Cl)c(N2C([2H])([2H])C([2H])([2H])N(C([2H])([2H])CC3([2H])C([2H])([2H])C([2H])([2H])C([2H])(NC(=O)N(C([2H])([2H])[2H])C([2H])([2H])[2H])C([2H])([2H])C3([2H])[2H])C([2H])([2H])C2([2H])[2H])c1[2H]. The number of anilines is 1. The van der Waals surface area contributed by atoms with E-state index in [0.717, 1.165) is 5.32 Å². The minimum Gasteiger partial charge on any atom is -0.368 e. The standard InChI is InChI=1S/C21H32Cl2N4O/c1-25(2)21(28)24-17-8-6-16(7-9-17)10-11-26-12-14-27(15-13-26)19-5-3-4-18(22)20(19)23/h3-5,16-17H,6-15H2,1-2H3,(H,24,28)/i1D3,2D3,3D,4D,5D,6D2,7D2,8D2,9D2,11D2,12D2,13D2,14D2,15D2,16D,17D. The molecule has 0 unspecified atom stereocenters. The number of piperazine rings is 1. The molecule has 0 radical (unpaired) electrons. The van der Waals surface area contributed by atoms with Crippen molar-refractivity contribution in [3.05, 3.63) is 28.2 Å². The molecule has 1 aromatic carbocycles. The molecule has 2 amide bonds. The number of hydrogen-bond acceptors (Lipinski definition) is 3. The van der Waals surface area contributed by atoms with Crippen LogP contribution in [0, 0.1) is 5.89 Å². The molecular weight excluding hydrogens is 395 g/mol. The summed E-state index contributed by atoms with van der Waals surface area (Å²) in [6.45, 7) is -29.3. The van der Waals surface area contributed by atoms with E-state index in [1.165, 1.54) is 0 Å². The van der Waals surface area contributed by atoms with E-state index in [1.54, 1.807) is 0 Å². The van der Waals surface area contributed by atoms with Gasteiger partial charge >= 0.3 is 6.03 Å². The zero-order valence-electron chi connectivity index (χ0n) is 42.7. The van der Waals surface area contributed by atoms with E-state index in [4.69, 9.17) is 63.0 Å². The molecule has 2 aliphatic rings. The molecule has 1 saturated heterocycles. The Morgan fingerprint density at radius 3 is 2.71 bits per heavy atom. The predicted molar refractivity (Wildman–Crippen MR) is 118 cm³/mol. The second-order valence-corrected chi connectivity index (χ2v) is 5.68. The number of amides is 2. The van der Waals surface area contributed by atoms with Crippen LogP contribution in [0.4, 0.5) is 10.5 Å². The van der Waals surface area contributed by atoms with Gasteiger partial charge in [-0.05, 0) is 56.4 Å². The molecule has 0 aromatic heterocycles. The first-order valence-electron chi connectivity index (χ1n) is 21.8. The van der Waals surface area contributed by atoms with E-state index in [9.17, 15) is 4.79 Å². The van der Waals surface area contributed by atoms with Crippen molar-refractivity contribution in [2.24, 2.45) is 5.89 Å². The number of urea groups is 1. The minimum absolute atomic E-state index is 0.438. The highest BCUT2D eigenvalue weighted by atomic mass is 35.5. The van der Waals surface area contributed by atoms with Gasteiger partial charge in [0.15, 0.2) is 0 Å². The van der Waals surface area contributed by atoms with Gasteiger partial charge in [0, 0.05) is 74.7 Å². The largest absolute Gasteiger partial charge is 0.368 e. The highest BCUT2D eigenvalue weighted by Gasteiger charge is 2.24. The summed E-state index contributed by atoms with van der Waals surface area (Å²) in [7, 11) is 0. The Balaban J connectivity index is 2.33. The van der Waals surface area contributed by atoms with E-state index in [1.807, 2.05) is 0 Å². The van der Waals surface area contributed by atoms with Gasteiger partial charge in [0.25, 0.3) is 0 Å². The zero-order valence-corrected chi connectivity index (χ0v) is 15.2. The van der Waals surface area contributed by atoms with Crippen molar-refractivity contribution in [3.63, 3.8) is 0 Å². The molecule has 0 bridgehead atoms. The fourth-order valence-electron chi connectivity index (χ4n) is 1.77. The van der Waals surface area contributed by atoms with Crippen LogP contribution < -0.4 is 10.2 Å². The van der Waals surface area contributed by atoms with Crippen molar-refractivity contribution in [1.29, 1.82) is 0 Å². The van der Waals surface area contributed by atoms with Crippen LogP contribution in [0.25, 0.3) is 0 Å². The second-order valence-electron chi connectivity index (χ2n) is 4.92. The number of hydrogen-bond donors (Lipinski definition) is 1. The van der Waals surface area contributed by atoms with E-state index < -0.39 is 145 Å². The van der Waals surface area contributed by atoms with Crippen molar-refractivity contribution in [2.75, 3.05) is 51.3 Å². The van der Waals surface area contributed by atoms with Gasteiger partial charge in [-0.25, -0.2) is 4.79 Å². The molecule has 0 spiro atoms. The summed E-state index contributed by atoms with van der Waals surface area (Å²) in [6.07, 6.45) is -20.7. The maximum atomic E-state index is 13.1. The summed E-state index contributed by atoms with van der Waals surface area (Å²) < 4.78 is 242. The van der Waals surface area contributed by atoms with Crippen LogP contribution in [-0.4, -0.2) is 68.3 Å². The first-order chi connectivity index (χ1) is 24.6. The van der Waals surface area contributed by atoms with Gasteiger partial charge in [-0.3, -0.25) is 4.90 Å². The number of nitrogens with one attached hydrogen (secondary N) is 1. The molecule has 3 rings (SSSR count). The molecule has 5 nitrogen and oxygen atoms in total. The van der Waals surface area contributed by atoms with Gasteiger partial charge in [-0.15, -0.1) is 0 Å². The Morgan fingerprint density at radius 2 is 2.04 bits per heavy atom. The number of nitrogens with zero attached hydrogens (tertiary/aromatic N) is 3. The van der Waals surface area contributed by atoms with Crippen molar-refractivity contribution >= 4 is 34.9 Å². The Morgan fingerprint density at radius 1 is 1.32 bits per heavy atom. The van der Waals surface area contributed by atoms with Crippen LogP contribution >= 0.6 is 23.2 Å². The van der Waals surface area contributed by atoms with E-state index in [0.29, 0.717) is 0 Å². The van der Waals surface area contributed by atoms with Crippen molar-refractivity contribution in [1.82, 2.24) is 15.1 Å². The molecule has 1 heterocycles. The smallest absolute Gasteiger partial charge is 0.317 e. The third kappa shape index (κ3) is 5.68. The average molecular weight is 457 g/mol. The molecule has 28 heavy (non-hydrogen) atoms. The highest BCUT2D eigenvalue weighted by molar-refractivity contribution is 6.43. The quantitative estimate of drug-likeness (QED) is 0.717. The summed E-state index contributed by atoms with van der Waals surface area (Å²) in [4.78, 5) is 10.8. The minimum atomic E-state index is -4.56. The lowest BCUT2D eigenvalue weighted by molar-refractivity contribution is 0.194. The van der Waals surface area contributed by atoms with Crippen LogP contribution in [0.1, 0.15) is 71.7 Å². The first-order valence-corrected chi connectivity index (χ1v) is 8.06. The predicted octanol–water partition coefficient (Wildman–Crippen LogP) is 4.34. The number of benzene rings is 1. The molecule has 1 saturated carbocycles. The Hall–Kier alpha value is -1.17. The van der Waals surface area contributed by atoms with Gasteiger partial charge in [0.1, 0.15) is 0 Å². The summed E-state index contributed by atoms with van der Waals surface area (Å²) in [6, 6.07) is -10.3. The van der Waals surface area contributed by atoms with E-state index >= 15 is 0 Å². The van der Waals surface area contributed by atoms with Crippen molar-refractivity contribution in [2.45, 2.75) is 37.9 Å². The topological polar surface area (TPSA) is 38.8 Å². The maximum absolute atomic E-state index is 13.1. The second kappa shape index (κ2) is 10.0. The third-order valence-corrected chi connectivity index (χ3v) is 3.80. The maximum Gasteiger partial charge on any atom is 0.317 e. The van der Waals surface area contributed by atoms with Crippen molar-refractivity contribution < 1.29 is 44.5 Å². The van der Waals surface area contributed by atoms with Crippen LogP contribution in [0.5, 0.6) is 0 Å². The molecule has 156 valence electrons. The van der Waals surface area contributed by atoms with Gasteiger partial charge in [-0.2, -0.15) is 0 Å². The number of rotatable bonds is 5. The van der Waals surface area contributed by atoms with Crippen LogP contribution in [0.15, 0.2) is 18.1 Å². The summed E-state index contributed by atoms with van der Waals surface area (Å²) >= 11 is 12.1. The van der Waals surface area contributed by atoms with Crippen LogP contribution in [0.2, 0.25) is 10.0 Å². The zero-order chi connectivity index (χ0) is 45.7. The Labute approximate surface area is 219 Å². The van der Waals surface area contributed by atoms with E-state index in [2.05, 4.69) is 0 Å². The molecule has 1 N–H and O–H groups in total. The lowest BCUT2D eigenvalue weighted by atomic mass is 9.84. The normalized spacial score (nSPS) is 59.8. The van der Waals surface area contributed by atoms with Gasteiger partial charge in [0.2, 0.25) is 0 Å². The monoisotopic (exact) mass is 455 g/mol. The lowest BCUT2D eigenvalue weighted by Gasteiger charge is -2.37. The van der Waals surface area contributed by atoms with E-state index in [-0.39, 0.29) is 0 Å². The summed E-state index contributed by atoms with van der Waals surface area (Å²) in [5.74, 6) is -4.41. The first kappa shape index (κ1) is 5.35. The molecule has 1 aromatic rings. The third-order valence-electron chi connectivity index (χ3n) is 3.05. The van der Waals surface area contributed by atoms with Gasteiger partial charge in [-0.1, -0.05) is 29.2 Å². The molecule has 7 heteroatoms. The molecule has 1 aliphatic carbocycles. The molecule has 2 fully saturated rings. The lowest BCUT2D eigenvalue weighted by Crippen LogP contribution is -2.47. The van der Waals surface area contributed by atoms with Gasteiger partial charge in [0.05, 0.1) is 26.7 Å².